The van der Waals surface area contributed by atoms with Crippen molar-refractivity contribution >= 4 is 5.96 Å². The van der Waals surface area contributed by atoms with Crippen molar-refractivity contribution in [1.82, 2.24) is 25.4 Å². The summed E-state index contributed by atoms with van der Waals surface area (Å²) in [4.78, 5) is 4.54. The lowest BCUT2D eigenvalue weighted by atomic mass is 10.1. The van der Waals surface area contributed by atoms with Crippen LogP contribution in [0.1, 0.15) is 43.0 Å². The monoisotopic (exact) mass is 348 g/mol. The quantitative estimate of drug-likeness (QED) is 0.643. The summed E-state index contributed by atoms with van der Waals surface area (Å²) < 4.78 is 28.9. The third-order valence-corrected chi connectivity index (χ3v) is 4.26. The van der Waals surface area contributed by atoms with Crippen LogP contribution in [0.2, 0.25) is 0 Å². The lowest BCUT2D eigenvalue weighted by Gasteiger charge is -2.19. The molecule has 0 aliphatic heterocycles. The van der Waals surface area contributed by atoms with E-state index in [4.69, 9.17) is 0 Å². The molecule has 0 radical (unpaired) electrons. The second-order valence-corrected chi connectivity index (χ2v) is 6.34. The van der Waals surface area contributed by atoms with Crippen molar-refractivity contribution in [2.24, 2.45) is 12.0 Å². The number of benzene rings is 1. The smallest absolute Gasteiger partial charge is 0.192 e. The van der Waals surface area contributed by atoms with Gasteiger partial charge in [-0.3, -0.25) is 0 Å². The fourth-order valence-corrected chi connectivity index (χ4v) is 2.43. The minimum atomic E-state index is -0.587. The zero-order valence-electron chi connectivity index (χ0n) is 14.6. The number of guanidine groups is 1. The molecule has 1 aromatic heterocycles. The molecule has 1 fully saturated rings. The standard InChI is InChI=1S/C17H22F2N6/c1-10(14-7-4-12(18)8-15(14)19)21-17(22-13-5-6-13)20-9-16-24-23-11(2)25(16)3/h4,7-8,10,13H,5-6,9H2,1-3H3,(H2,20,21,22). The molecule has 0 spiro atoms. The maximum absolute atomic E-state index is 14.0. The predicted molar refractivity (Wildman–Crippen MR) is 90.9 cm³/mol. The van der Waals surface area contributed by atoms with E-state index in [2.05, 4.69) is 25.8 Å². The second kappa shape index (κ2) is 7.16. The first-order valence-corrected chi connectivity index (χ1v) is 8.31. The fraction of sp³-hybridized carbons (Fsp3) is 0.471. The van der Waals surface area contributed by atoms with Crippen LogP contribution in [0.15, 0.2) is 23.2 Å². The van der Waals surface area contributed by atoms with Crippen molar-refractivity contribution in [3.05, 3.63) is 47.0 Å². The molecule has 1 aliphatic rings. The number of hydrogen-bond acceptors (Lipinski definition) is 3. The Bertz CT molecular complexity index is 781. The van der Waals surface area contributed by atoms with Crippen molar-refractivity contribution in [2.45, 2.75) is 45.3 Å². The summed E-state index contributed by atoms with van der Waals surface area (Å²) in [6.07, 6.45) is 2.17. The highest BCUT2D eigenvalue weighted by Crippen LogP contribution is 2.20. The Hall–Kier alpha value is -2.51. The number of rotatable bonds is 5. The summed E-state index contributed by atoms with van der Waals surface area (Å²) in [5.41, 5.74) is 0.390. The van der Waals surface area contributed by atoms with Crippen molar-refractivity contribution in [3.63, 3.8) is 0 Å². The van der Waals surface area contributed by atoms with Gasteiger partial charge >= 0.3 is 0 Å². The Kier molecular flexibility index (Phi) is 4.96. The number of aliphatic imine (C=N–C) groups is 1. The number of halogens is 2. The Balaban J connectivity index is 1.73. The lowest BCUT2D eigenvalue weighted by molar-refractivity contribution is 0.550. The van der Waals surface area contributed by atoms with Crippen molar-refractivity contribution in [3.8, 4) is 0 Å². The highest BCUT2D eigenvalue weighted by molar-refractivity contribution is 5.80. The summed E-state index contributed by atoms with van der Waals surface area (Å²) in [6.45, 7) is 4.05. The maximum Gasteiger partial charge on any atom is 0.192 e. The van der Waals surface area contributed by atoms with Crippen LogP contribution in [0.25, 0.3) is 0 Å². The summed E-state index contributed by atoms with van der Waals surface area (Å²) in [5, 5.41) is 14.6. The van der Waals surface area contributed by atoms with Crippen LogP contribution in [-0.4, -0.2) is 26.8 Å². The molecular formula is C17H22F2N6. The van der Waals surface area contributed by atoms with Gasteiger partial charge in [0.1, 0.15) is 24.0 Å². The van der Waals surface area contributed by atoms with Crippen molar-refractivity contribution in [2.75, 3.05) is 0 Å². The second-order valence-electron chi connectivity index (χ2n) is 6.34. The minimum Gasteiger partial charge on any atom is -0.354 e. The van der Waals surface area contributed by atoms with Crippen LogP contribution in [0, 0.1) is 18.6 Å². The van der Waals surface area contributed by atoms with Gasteiger partial charge in [-0.1, -0.05) is 6.07 Å². The molecule has 25 heavy (non-hydrogen) atoms. The average molecular weight is 348 g/mol. The average Bonchev–Trinajstić information content (AvgIpc) is 3.31. The summed E-state index contributed by atoms with van der Waals surface area (Å²) in [5.74, 6) is 0.983. The zero-order chi connectivity index (χ0) is 18.0. The molecule has 1 heterocycles. The Morgan fingerprint density at radius 3 is 2.72 bits per heavy atom. The van der Waals surface area contributed by atoms with E-state index in [1.807, 2.05) is 25.5 Å². The normalized spacial score (nSPS) is 16.0. The molecular weight excluding hydrogens is 326 g/mol. The van der Waals surface area contributed by atoms with Gasteiger partial charge in [-0.05, 0) is 32.8 Å². The van der Waals surface area contributed by atoms with E-state index in [9.17, 15) is 8.78 Å². The van der Waals surface area contributed by atoms with Gasteiger partial charge < -0.3 is 15.2 Å². The van der Waals surface area contributed by atoms with Gasteiger partial charge in [-0.2, -0.15) is 0 Å². The van der Waals surface area contributed by atoms with Gasteiger partial charge in [-0.25, -0.2) is 13.8 Å². The highest BCUT2D eigenvalue weighted by Gasteiger charge is 2.23. The molecule has 8 heteroatoms. The number of hydrogen-bond donors (Lipinski definition) is 2. The molecule has 0 saturated heterocycles. The molecule has 1 atom stereocenters. The SMILES string of the molecule is Cc1nnc(CN=C(NC2CC2)NC(C)c2ccc(F)cc2F)n1C. The topological polar surface area (TPSA) is 67.1 Å². The summed E-state index contributed by atoms with van der Waals surface area (Å²) in [7, 11) is 1.89. The van der Waals surface area contributed by atoms with E-state index >= 15 is 0 Å². The molecule has 2 aromatic rings. The predicted octanol–water partition coefficient (Wildman–Crippen LogP) is 2.36. The Morgan fingerprint density at radius 1 is 1.36 bits per heavy atom. The fourth-order valence-electron chi connectivity index (χ4n) is 2.43. The van der Waals surface area contributed by atoms with Gasteiger partial charge in [-0.15, -0.1) is 10.2 Å². The first-order valence-electron chi connectivity index (χ1n) is 8.31. The van der Waals surface area contributed by atoms with Crippen LogP contribution in [0.3, 0.4) is 0 Å². The van der Waals surface area contributed by atoms with E-state index < -0.39 is 11.6 Å². The van der Waals surface area contributed by atoms with Crippen LogP contribution < -0.4 is 10.6 Å². The summed E-state index contributed by atoms with van der Waals surface area (Å²) >= 11 is 0. The van der Waals surface area contributed by atoms with Crippen molar-refractivity contribution in [1.29, 1.82) is 0 Å². The third kappa shape index (κ3) is 4.32. The molecule has 3 rings (SSSR count). The number of nitrogens with one attached hydrogen (secondary N) is 2. The first kappa shape index (κ1) is 17.3. The van der Waals surface area contributed by atoms with Crippen molar-refractivity contribution < 1.29 is 8.78 Å². The van der Waals surface area contributed by atoms with Gasteiger partial charge in [0.25, 0.3) is 0 Å². The molecule has 1 saturated carbocycles. The maximum atomic E-state index is 14.0. The van der Waals surface area contributed by atoms with Crippen LogP contribution >= 0.6 is 0 Å². The molecule has 0 bridgehead atoms. The molecule has 134 valence electrons. The molecule has 1 unspecified atom stereocenters. The largest absolute Gasteiger partial charge is 0.354 e. The highest BCUT2D eigenvalue weighted by atomic mass is 19.1. The third-order valence-electron chi connectivity index (χ3n) is 4.26. The number of aromatic nitrogens is 3. The Labute approximate surface area is 145 Å². The van der Waals surface area contributed by atoms with Crippen LogP contribution in [0.4, 0.5) is 8.78 Å². The van der Waals surface area contributed by atoms with Crippen LogP contribution in [-0.2, 0) is 13.6 Å². The van der Waals surface area contributed by atoms with E-state index in [0.717, 1.165) is 30.6 Å². The van der Waals surface area contributed by atoms with E-state index in [1.54, 1.807) is 0 Å². The molecule has 1 aliphatic carbocycles. The van der Waals surface area contributed by atoms with Gasteiger partial charge in [0.05, 0.1) is 6.04 Å². The lowest BCUT2D eigenvalue weighted by Crippen LogP contribution is -2.40. The van der Waals surface area contributed by atoms with E-state index in [1.165, 1.54) is 12.1 Å². The molecule has 1 aromatic carbocycles. The van der Waals surface area contributed by atoms with E-state index in [0.29, 0.717) is 24.1 Å². The zero-order valence-corrected chi connectivity index (χ0v) is 14.6. The van der Waals surface area contributed by atoms with Gasteiger partial charge in [0.15, 0.2) is 11.8 Å². The van der Waals surface area contributed by atoms with Gasteiger partial charge in [0, 0.05) is 24.7 Å². The molecule has 2 N–H and O–H groups in total. The first-order chi connectivity index (χ1) is 11.9. The summed E-state index contributed by atoms with van der Waals surface area (Å²) in [6, 6.07) is 3.62. The van der Waals surface area contributed by atoms with Gasteiger partial charge in [0.2, 0.25) is 0 Å². The Morgan fingerprint density at radius 2 is 2.12 bits per heavy atom. The van der Waals surface area contributed by atoms with E-state index in [-0.39, 0.29) is 6.04 Å². The molecule has 6 nitrogen and oxygen atoms in total. The minimum absolute atomic E-state index is 0.355. The molecule has 0 amide bonds. The van der Waals surface area contributed by atoms with Crippen LogP contribution in [0.5, 0.6) is 0 Å². The number of aryl methyl sites for hydroxylation is 1. The number of nitrogens with zero attached hydrogens (tertiary/aromatic N) is 4.